The van der Waals surface area contributed by atoms with Crippen LogP contribution in [-0.4, -0.2) is 20.6 Å². The number of nitrogens with zero attached hydrogens (tertiary/aromatic N) is 3. The van der Waals surface area contributed by atoms with Gasteiger partial charge in [0, 0.05) is 18.3 Å². The van der Waals surface area contributed by atoms with Crippen molar-refractivity contribution in [2.45, 2.75) is 20.1 Å². The molecule has 0 atom stereocenters. The monoisotopic (exact) mass is 432 g/mol. The van der Waals surface area contributed by atoms with E-state index in [0.717, 1.165) is 5.56 Å². The van der Waals surface area contributed by atoms with Crippen LogP contribution in [0.5, 0.6) is 5.75 Å². The first kappa shape index (κ1) is 20.9. The first-order valence-corrected chi connectivity index (χ1v) is 9.81. The Bertz CT molecular complexity index is 1240. The lowest BCUT2D eigenvalue weighted by Gasteiger charge is -2.04. The summed E-state index contributed by atoms with van der Waals surface area (Å²) in [5.74, 6) is 0.642. The van der Waals surface area contributed by atoms with E-state index in [1.807, 2.05) is 25.1 Å². The predicted molar refractivity (Wildman–Crippen MR) is 117 cm³/mol. The van der Waals surface area contributed by atoms with Crippen molar-refractivity contribution in [3.8, 4) is 5.75 Å². The lowest BCUT2D eigenvalue weighted by atomic mass is 10.1. The Kier molecular flexibility index (Phi) is 5.98. The van der Waals surface area contributed by atoms with E-state index in [1.165, 1.54) is 29.8 Å². The molecule has 2 heterocycles. The fourth-order valence-corrected chi connectivity index (χ4v) is 3.10. The molecule has 0 saturated heterocycles. The SMILES string of the molecule is Cc1cccc(Cn2cc(NC(=O)c3ccc(COc4ccc([N+](=O)[O-])cc4)o3)cn2)c1. The average Bonchev–Trinajstić information content (AvgIpc) is 3.42. The van der Waals surface area contributed by atoms with Crippen molar-refractivity contribution in [1.82, 2.24) is 9.78 Å². The molecule has 0 fully saturated rings. The Morgan fingerprint density at radius 3 is 2.75 bits per heavy atom. The highest BCUT2D eigenvalue weighted by molar-refractivity contribution is 6.02. The van der Waals surface area contributed by atoms with Gasteiger partial charge in [0.2, 0.25) is 0 Å². The maximum Gasteiger partial charge on any atom is 0.291 e. The third kappa shape index (κ3) is 5.20. The molecule has 32 heavy (non-hydrogen) atoms. The van der Waals surface area contributed by atoms with Gasteiger partial charge in [-0.15, -0.1) is 0 Å². The molecule has 0 spiro atoms. The molecule has 4 rings (SSSR count). The van der Waals surface area contributed by atoms with Gasteiger partial charge in [-0.3, -0.25) is 19.6 Å². The van der Waals surface area contributed by atoms with Crippen LogP contribution < -0.4 is 10.1 Å². The van der Waals surface area contributed by atoms with Gasteiger partial charge in [0.15, 0.2) is 5.76 Å². The van der Waals surface area contributed by atoms with E-state index in [-0.39, 0.29) is 18.1 Å². The molecule has 0 aliphatic carbocycles. The summed E-state index contributed by atoms with van der Waals surface area (Å²) in [5, 5.41) is 17.7. The smallest absolute Gasteiger partial charge is 0.291 e. The third-order valence-electron chi connectivity index (χ3n) is 4.63. The van der Waals surface area contributed by atoms with Crippen LogP contribution in [0.3, 0.4) is 0 Å². The Labute approximate surface area is 183 Å². The second-order valence-electron chi connectivity index (χ2n) is 7.18. The zero-order valence-electron chi connectivity index (χ0n) is 17.2. The van der Waals surface area contributed by atoms with Gasteiger partial charge < -0.3 is 14.5 Å². The molecular formula is C23H20N4O5. The van der Waals surface area contributed by atoms with Gasteiger partial charge in [0.1, 0.15) is 18.1 Å². The normalized spacial score (nSPS) is 10.7. The molecule has 2 aromatic heterocycles. The van der Waals surface area contributed by atoms with Crippen molar-refractivity contribution in [1.29, 1.82) is 0 Å². The van der Waals surface area contributed by atoms with E-state index in [4.69, 9.17) is 9.15 Å². The van der Waals surface area contributed by atoms with E-state index in [9.17, 15) is 14.9 Å². The molecule has 0 saturated carbocycles. The van der Waals surface area contributed by atoms with E-state index in [1.54, 1.807) is 29.2 Å². The molecule has 162 valence electrons. The zero-order valence-corrected chi connectivity index (χ0v) is 17.2. The Morgan fingerprint density at radius 2 is 2.00 bits per heavy atom. The molecule has 0 aliphatic heterocycles. The number of furan rings is 1. The summed E-state index contributed by atoms with van der Waals surface area (Å²) >= 11 is 0. The maximum absolute atomic E-state index is 12.5. The van der Waals surface area contributed by atoms with E-state index in [2.05, 4.69) is 16.5 Å². The van der Waals surface area contributed by atoms with Crippen molar-refractivity contribution in [3.63, 3.8) is 0 Å². The van der Waals surface area contributed by atoms with Crippen LogP contribution in [0.25, 0.3) is 0 Å². The van der Waals surface area contributed by atoms with Gasteiger partial charge >= 0.3 is 0 Å². The van der Waals surface area contributed by atoms with Crippen LogP contribution in [0.15, 0.2) is 77.5 Å². The van der Waals surface area contributed by atoms with Gasteiger partial charge in [-0.1, -0.05) is 29.8 Å². The average molecular weight is 432 g/mol. The van der Waals surface area contributed by atoms with Crippen molar-refractivity contribution >= 4 is 17.3 Å². The van der Waals surface area contributed by atoms with Crippen molar-refractivity contribution in [2.24, 2.45) is 0 Å². The number of aromatic nitrogens is 2. The topological polar surface area (TPSA) is 112 Å². The number of aryl methyl sites for hydroxylation is 1. The molecule has 1 N–H and O–H groups in total. The summed E-state index contributed by atoms with van der Waals surface area (Å²) in [6.07, 6.45) is 3.33. The number of nitro benzene ring substituents is 1. The number of non-ortho nitro benzene ring substituents is 1. The highest BCUT2D eigenvalue weighted by atomic mass is 16.6. The van der Waals surface area contributed by atoms with Crippen LogP contribution in [0.4, 0.5) is 11.4 Å². The standard InChI is InChI=1S/C23H20N4O5/c1-16-3-2-4-17(11-16)13-26-14-18(12-24-26)25-23(28)22-10-9-21(32-22)15-31-20-7-5-19(6-8-20)27(29)30/h2-12,14H,13,15H2,1H3,(H,25,28). The summed E-state index contributed by atoms with van der Waals surface area (Å²) in [7, 11) is 0. The quantitative estimate of drug-likeness (QED) is 0.322. The number of amides is 1. The molecule has 0 bridgehead atoms. The van der Waals surface area contributed by atoms with Crippen molar-refractivity contribution < 1.29 is 18.9 Å². The van der Waals surface area contributed by atoms with Gasteiger partial charge in [-0.2, -0.15) is 5.10 Å². The molecular weight excluding hydrogens is 412 g/mol. The number of rotatable bonds is 8. The van der Waals surface area contributed by atoms with Crippen molar-refractivity contribution in [2.75, 3.05) is 5.32 Å². The first-order valence-electron chi connectivity index (χ1n) is 9.81. The van der Waals surface area contributed by atoms with Crippen LogP contribution in [0.2, 0.25) is 0 Å². The summed E-state index contributed by atoms with van der Waals surface area (Å²) in [6, 6.07) is 17.1. The highest BCUT2D eigenvalue weighted by Gasteiger charge is 2.13. The predicted octanol–water partition coefficient (Wildman–Crippen LogP) is 4.57. The number of ether oxygens (including phenoxy) is 1. The number of anilines is 1. The molecule has 0 unspecified atom stereocenters. The molecule has 2 aromatic carbocycles. The summed E-state index contributed by atoms with van der Waals surface area (Å²) < 4.78 is 12.8. The van der Waals surface area contributed by atoms with E-state index in [0.29, 0.717) is 23.7 Å². The van der Waals surface area contributed by atoms with Crippen LogP contribution in [-0.2, 0) is 13.2 Å². The number of nitrogens with one attached hydrogen (secondary N) is 1. The van der Waals surface area contributed by atoms with E-state index >= 15 is 0 Å². The number of hydrogen-bond acceptors (Lipinski definition) is 6. The maximum atomic E-state index is 12.5. The highest BCUT2D eigenvalue weighted by Crippen LogP contribution is 2.19. The lowest BCUT2D eigenvalue weighted by Crippen LogP contribution is -2.10. The fourth-order valence-electron chi connectivity index (χ4n) is 3.10. The molecule has 4 aromatic rings. The summed E-state index contributed by atoms with van der Waals surface area (Å²) in [6.45, 7) is 2.72. The second-order valence-corrected chi connectivity index (χ2v) is 7.18. The summed E-state index contributed by atoms with van der Waals surface area (Å²) in [5.41, 5.74) is 2.84. The Morgan fingerprint density at radius 1 is 1.19 bits per heavy atom. The Balaban J connectivity index is 1.32. The number of benzene rings is 2. The fraction of sp³-hybridized carbons (Fsp3) is 0.130. The molecule has 0 radical (unpaired) electrons. The number of nitro groups is 1. The second kappa shape index (κ2) is 9.17. The third-order valence-corrected chi connectivity index (χ3v) is 4.63. The molecule has 1 amide bonds. The number of carbonyl (C=O) groups excluding carboxylic acids is 1. The van der Waals surface area contributed by atoms with Gasteiger partial charge in [0.25, 0.3) is 11.6 Å². The lowest BCUT2D eigenvalue weighted by molar-refractivity contribution is -0.384. The number of carbonyl (C=O) groups is 1. The molecule has 9 nitrogen and oxygen atoms in total. The van der Waals surface area contributed by atoms with Crippen LogP contribution in [0, 0.1) is 17.0 Å². The minimum absolute atomic E-state index is 0.0171. The zero-order chi connectivity index (χ0) is 22.5. The summed E-state index contributed by atoms with van der Waals surface area (Å²) in [4.78, 5) is 22.7. The minimum Gasteiger partial charge on any atom is -0.486 e. The van der Waals surface area contributed by atoms with Gasteiger partial charge in [-0.25, -0.2) is 0 Å². The number of hydrogen-bond donors (Lipinski definition) is 1. The van der Waals surface area contributed by atoms with E-state index < -0.39 is 10.8 Å². The first-order chi connectivity index (χ1) is 15.5. The largest absolute Gasteiger partial charge is 0.486 e. The minimum atomic E-state index is -0.479. The van der Waals surface area contributed by atoms with Gasteiger partial charge in [-0.05, 0) is 36.8 Å². The van der Waals surface area contributed by atoms with Crippen LogP contribution >= 0.6 is 0 Å². The van der Waals surface area contributed by atoms with Crippen molar-refractivity contribution in [3.05, 3.63) is 106 Å². The Hall–Kier alpha value is -4.40. The van der Waals surface area contributed by atoms with Gasteiger partial charge in [0.05, 0.1) is 23.4 Å². The molecule has 9 heteroatoms. The van der Waals surface area contributed by atoms with Crippen LogP contribution in [0.1, 0.15) is 27.4 Å². The molecule has 0 aliphatic rings.